The maximum absolute atomic E-state index is 14.1. The lowest BCUT2D eigenvalue weighted by atomic mass is 9.99. The average molecular weight is 347 g/mol. The van der Waals surface area contributed by atoms with Crippen LogP contribution in [-0.4, -0.2) is 17.6 Å². The zero-order valence-electron chi connectivity index (χ0n) is 14.4. The summed E-state index contributed by atoms with van der Waals surface area (Å²) in [5, 5.41) is 15.8. The van der Waals surface area contributed by atoms with Crippen LogP contribution in [0.5, 0.6) is 0 Å². The lowest BCUT2D eigenvalue weighted by molar-refractivity contribution is 0.0782. The van der Waals surface area contributed by atoms with Gasteiger partial charge in [0.15, 0.2) is 8.24 Å². The van der Waals surface area contributed by atoms with E-state index in [4.69, 9.17) is 5.14 Å². The van der Waals surface area contributed by atoms with Gasteiger partial charge in [0.05, 0.1) is 10.5 Å². The van der Waals surface area contributed by atoms with Crippen molar-refractivity contribution in [2.24, 2.45) is 9.17 Å². The van der Waals surface area contributed by atoms with Crippen LogP contribution in [0.4, 0.5) is 4.39 Å². The first-order valence-corrected chi connectivity index (χ1v) is 11.7. The maximum atomic E-state index is 14.1. The van der Waals surface area contributed by atoms with Gasteiger partial charge in [-0.3, -0.25) is 4.03 Å². The quantitative estimate of drug-likeness (QED) is 0.818. The van der Waals surface area contributed by atoms with Crippen molar-refractivity contribution in [1.29, 1.82) is 0 Å². The Morgan fingerprint density at radius 1 is 1.23 bits per heavy atom. The van der Waals surface area contributed by atoms with Crippen LogP contribution in [-0.2, 0) is 15.5 Å². The van der Waals surface area contributed by atoms with Crippen LogP contribution in [0.1, 0.15) is 40.2 Å². The van der Waals surface area contributed by atoms with Crippen LogP contribution in [0, 0.1) is 5.82 Å². The fourth-order valence-corrected chi connectivity index (χ4v) is 6.48. The molecule has 1 atom stereocenters. The third-order valence-electron chi connectivity index (χ3n) is 4.15. The highest BCUT2D eigenvalue weighted by Gasteiger charge is 2.37. The van der Waals surface area contributed by atoms with Crippen LogP contribution < -0.4 is 5.14 Å². The van der Waals surface area contributed by atoms with E-state index >= 15 is 0 Å². The van der Waals surface area contributed by atoms with E-state index in [0.717, 1.165) is 0 Å². The summed E-state index contributed by atoms with van der Waals surface area (Å²) < 4.78 is 31.4. The highest BCUT2D eigenvalue weighted by atomic mass is 32.2. The monoisotopic (exact) mass is 346 g/mol. The molecule has 0 fully saturated rings. The molecule has 0 aliphatic rings. The summed E-state index contributed by atoms with van der Waals surface area (Å²) in [4.78, 5) is -0.142. The fourth-order valence-electron chi connectivity index (χ4n) is 1.63. The molecule has 0 aliphatic carbocycles. The molecule has 0 amide bonds. The van der Waals surface area contributed by atoms with Gasteiger partial charge < -0.3 is 5.11 Å². The van der Waals surface area contributed by atoms with Gasteiger partial charge >= 0.3 is 0 Å². The fraction of sp³-hybridized carbons (Fsp3) is 0.600. The number of halogens is 1. The molecule has 0 aromatic heterocycles. The third kappa shape index (κ3) is 4.16. The summed E-state index contributed by atoms with van der Waals surface area (Å²) in [6.07, 6.45) is 0. The van der Waals surface area contributed by atoms with E-state index in [2.05, 4.69) is 4.03 Å². The second kappa shape index (κ2) is 5.70. The first-order chi connectivity index (χ1) is 9.58. The van der Waals surface area contributed by atoms with E-state index < -0.39 is 29.6 Å². The van der Waals surface area contributed by atoms with Crippen molar-refractivity contribution in [3.63, 3.8) is 0 Å². The van der Waals surface area contributed by atoms with Gasteiger partial charge in [0.2, 0.25) is 0 Å². The molecule has 126 valence electrons. The van der Waals surface area contributed by atoms with Crippen molar-refractivity contribution in [2.75, 3.05) is 0 Å². The summed E-state index contributed by atoms with van der Waals surface area (Å²) in [6, 6.07) is 3.99. The van der Waals surface area contributed by atoms with Gasteiger partial charge in [0.1, 0.15) is 15.7 Å². The number of benzene rings is 1. The number of nitrogens with zero attached hydrogens (tertiary/aromatic N) is 1. The van der Waals surface area contributed by atoms with Crippen molar-refractivity contribution in [2.45, 2.75) is 63.2 Å². The predicted molar refractivity (Wildman–Crippen MR) is 91.9 cm³/mol. The van der Waals surface area contributed by atoms with Crippen molar-refractivity contribution < 1.29 is 13.7 Å². The topological polar surface area (TPSA) is 75.7 Å². The number of hydrogen-bond acceptors (Lipinski definition) is 3. The van der Waals surface area contributed by atoms with Crippen LogP contribution in [0.25, 0.3) is 0 Å². The van der Waals surface area contributed by atoms with E-state index in [-0.39, 0.29) is 9.93 Å². The van der Waals surface area contributed by atoms with Crippen molar-refractivity contribution in [3.05, 3.63) is 29.6 Å². The summed E-state index contributed by atoms with van der Waals surface area (Å²) in [7, 11) is -5.68. The van der Waals surface area contributed by atoms with Crippen LogP contribution in [0.3, 0.4) is 0 Å². The smallest absolute Gasteiger partial charge is 0.195 e. The summed E-state index contributed by atoms with van der Waals surface area (Å²) in [5.41, 5.74) is -0.720. The first-order valence-electron chi connectivity index (χ1n) is 7.16. The minimum atomic E-state index is -3.36. The molecule has 0 heterocycles. The highest BCUT2D eigenvalue weighted by molar-refractivity contribution is 7.92. The third-order valence-corrected chi connectivity index (χ3v) is 11.7. The molecule has 0 bridgehead atoms. The normalized spacial score (nSPS) is 16.3. The van der Waals surface area contributed by atoms with Crippen LogP contribution in [0.15, 0.2) is 27.1 Å². The van der Waals surface area contributed by atoms with E-state index in [0.29, 0.717) is 5.56 Å². The van der Waals surface area contributed by atoms with E-state index in [1.54, 1.807) is 13.8 Å². The molecule has 0 saturated heterocycles. The van der Waals surface area contributed by atoms with Gasteiger partial charge in [-0.05, 0) is 49.7 Å². The molecule has 22 heavy (non-hydrogen) atoms. The molecule has 0 saturated carbocycles. The first kappa shape index (κ1) is 19.3. The van der Waals surface area contributed by atoms with E-state index in [1.807, 2.05) is 33.9 Å². The van der Waals surface area contributed by atoms with Gasteiger partial charge in [0, 0.05) is 0 Å². The average Bonchev–Trinajstić information content (AvgIpc) is 2.24. The molecular weight excluding hydrogens is 319 g/mol. The molecule has 3 N–H and O–H groups in total. The summed E-state index contributed by atoms with van der Waals surface area (Å²) in [5.74, 6) is -0.664. The van der Waals surface area contributed by atoms with Crippen molar-refractivity contribution in [1.82, 2.24) is 0 Å². The molecule has 0 spiro atoms. The second-order valence-electron chi connectivity index (χ2n) is 7.67. The molecule has 0 radical (unpaired) electrons. The summed E-state index contributed by atoms with van der Waals surface area (Å²) >= 11 is 0. The Labute approximate surface area is 134 Å². The second-order valence-corrected chi connectivity index (χ2v) is 14.6. The minimum Gasteiger partial charge on any atom is -0.386 e. The Balaban J connectivity index is 3.57. The lowest BCUT2D eigenvalue weighted by Crippen LogP contribution is -2.37. The summed E-state index contributed by atoms with van der Waals surface area (Å²) in [6.45, 7) is 13.1. The van der Waals surface area contributed by atoms with Gasteiger partial charge in [-0.25, -0.2) is 13.7 Å². The molecule has 1 unspecified atom stereocenters. The molecule has 7 heteroatoms. The molecule has 0 aliphatic heterocycles. The minimum absolute atomic E-state index is 0.142. The van der Waals surface area contributed by atoms with Gasteiger partial charge in [-0.2, -0.15) is 0 Å². The van der Waals surface area contributed by atoms with Gasteiger partial charge in [-0.15, -0.1) is 0 Å². The van der Waals surface area contributed by atoms with E-state index in [1.165, 1.54) is 18.2 Å². The zero-order chi connectivity index (χ0) is 17.6. The van der Waals surface area contributed by atoms with Gasteiger partial charge in [-0.1, -0.05) is 26.8 Å². The number of aliphatic hydroxyl groups is 1. The lowest BCUT2D eigenvalue weighted by Gasteiger charge is -2.32. The molecule has 1 rings (SSSR count). The van der Waals surface area contributed by atoms with Crippen LogP contribution >= 0.6 is 0 Å². The van der Waals surface area contributed by atoms with Crippen LogP contribution in [0.2, 0.25) is 18.1 Å². The van der Waals surface area contributed by atoms with E-state index in [9.17, 15) is 13.7 Å². The highest BCUT2D eigenvalue weighted by Crippen LogP contribution is 2.38. The van der Waals surface area contributed by atoms with Crippen molar-refractivity contribution in [3.8, 4) is 0 Å². The Hall–Kier alpha value is -0.763. The number of hydrogen-bond donors (Lipinski definition) is 2. The maximum Gasteiger partial charge on any atom is 0.195 e. The Morgan fingerprint density at radius 3 is 2.14 bits per heavy atom. The SMILES string of the molecule is CC(C)(O)c1ccc(F)c(S(N)(=O)=N[Si](C)(C)C(C)(C)C)c1. The molecular formula is C15H27FN2O2SSi. The predicted octanol–water partition coefficient (Wildman–Crippen LogP) is 3.76. The van der Waals surface area contributed by atoms with Crippen molar-refractivity contribution >= 4 is 18.2 Å². The molecule has 1 aromatic carbocycles. The molecule has 4 nitrogen and oxygen atoms in total. The largest absolute Gasteiger partial charge is 0.386 e. The Morgan fingerprint density at radius 2 is 1.73 bits per heavy atom. The standard InChI is InChI=1S/C15H27FN2O2SSi/c1-14(2,3)22(6,7)18-21(17,20)13-10-11(15(4,5)19)8-9-12(13)16/h8-10,19H,1-7H3,(H2,17,18,20). The van der Waals surface area contributed by atoms with Gasteiger partial charge in [0.25, 0.3) is 0 Å². The number of nitrogens with two attached hydrogens (primary N) is 1. The molecule has 1 aromatic rings. The zero-order valence-corrected chi connectivity index (χ0v) is 16.2. The Kier molecular flexibility index (Phi) is 5.00. The number of rotatable bonds is 3. The Bertz CT molecular complexity index is 682.